The first-order chi connectivity index (χ1) is 7.25. The van der Waals surface area contributed by atoms with Gasteiger partial charge < -0.3 is 10.3 Å². The second-order valence-corrected chi connectivity index (χ2v) is 4.27. The van der Waals surface area contributed by atoms with Gasteiger partial charge in [0.1, 0.15) is 0 Å². The Labute approximate surface area is 87.9 Å². The molecule has 2 aliphatic rings. The average Bonchev–Trinajstić information content (AvgIpc) is 2.72. The van der Waals surface area contributed by atoms with Crippen molar-refractivity contribution in [2.24, 2.45) is 0 Å². The maximum Gasteiger partial charge on any atom is 0.261 e. The normalized spacial score (nSPS) is 30.6. The number of nitrogen functional groups attached to an aromatic ring is 1. The molecule has 0 aromatic carbocycles. The third-order valence-electron chi connectivity index (χ3n) is 3.50. The van der Waals surface area contributed by atoms with Crippen molar-refractivity contribution >= 4 is 11.5 Å². The summed E-state index contributed by atoms with van der Waals surface area (Å²) in [6, 6.07) is 1.13. The van der Waals surface area contributed by atoms with Gasteiger partial charge in [-0.1, -0.05) is 6.08 Å². The molecule has 2 bridgehead atoms. The van der Waals surface area contributed by atoms with Crippen LogP contribution in [0.4, 0.5) is 5.95 Å². The van der Waals surface area contributed by atoms with Gasteiger partial charge in [0, 0.05) is 17.7 Å². The number of rotatable bonds is 1. The molecule has 2 N–H and O–H groups in total. The molecule has 80 valence electrons. The van der Waals surface area contributed by atoms with Crippen LogP contribution in [0.3, 0.4) is 0 Å². The fourth-order valence-corrected chi connectivity index (χ4v) is 2.65. The summed E-state index contributed by atoms with van der Waals surface area (Å²) in [4.78, 5) is 6.49. The van der Waals surface area contributed by atoms with E-state index in [-0.39, 0.29) is 5.95 Å². The summed E-state index contributed by atoms with van der Waals surface area (Å²) in [6.07, 6.45) is 5.72. The monoisotopic (exact) mass is 206 g/mol. The second kappa shape index (κ2) is 3.06. The van der Waals surface area contributed by atoms with E-state index in [1.54, 1.807) is 0 Å². The van der Waals surface area contributed by atoms with E-state index < -0.39 is 0 Å². The minimum atomic E-state index is 0.216. The standard InChI is InChI=1S/C10H14N4O/c1-14-6-2-4-7(8(14)5-3-6)9-12-10(11)13-15-9/h4,6,8H,2-3,5H2,1H3,(H2,11,13)/t6-,8-/m1/s1. The Morgan fingerprint density at radius 3 is 3.13 bits per heavy atom. The molecule has 0 amide bonds. The minimum absolute atomic E-state index is 0.216. The average molecular weight is 206 g/mol. The van der Waals surface area contributed by atoms with Crippen LogP contribution in [0, 0.1) is 0 Å². The molecule has 0 aliphatic carbocycles. The molecule has 1 fully saturated rings. The first-order valence-electron chi connectivity index (χ1n) is 5.27. The molecular weight excluding hydrogens is 192 g/mol. The highest BCUT2D eigenvalue weighted by Gasteiger charge is 2.37. The molecule has 0 spiro atoms. The quantitative estimate of drug-likeness (QED) is 0.739. The summed E-state index contributed by atoms with van der Waals surface area (Å²) in [7, 11) is 2.16. The van der Waals surface area contributed by atoms with Crippen molar-refractivity contribution in [2.45, 2.75) is 31.3 Å². The van der Waals surface area contributed by atoms with Gasteiger partial charge in [-0.05, 0) is 31.5 Å². The lowest BCUT2D eigenvalue weighted by atomic mass is 10.0. The van der Waals surface area contributed by atoms with Crippen LogP contribution in [0.2, 0.25) is 0 Å². The summed E-state index contributed by atoms with van der Waals surface area (Å²) in [5.74, 6) is 0.804. The third kappa shape index (κ3) is 1.26. The van der Waals surface area contributed by atoms with E-state index in [0.29, 0.717) is 18.0 Å². The van der Waals surface area contributed by atoms with Gasteiger partial charge in [-0.25, -0.2) is 0 Å². The van der Waals surface area contributed by atoms with E-state index in [2.05, 4.69) is 28.2 Å². The lowest BCUT2D eigenvalue weighted by Crippen LogP contribution is -2.35. The third-order valence-corrected chi connectivity index (χ3v) is 3.50. The van der Waals surface area contributed by atoms with Crippen molar-refractivity contribution in [3.63, 3.8) is 0 Å². The molecular formula is C10H14N4O. The number of anilines is 1. The van der Waals surface area contributed by atoms with Gasteiger partial charge in [0.25, 0.3) is 11.8 Å². The molecule has 2 atom stereocenters. The van der Waals surface area contributed by atoms with E-state index in [1.165, 1.54) is 12.8 Å². The fourth-order valence-electron chi connectivity index (χ4n) is 2.65. The Hall–Kier alpha value is -1.36. The zero-order valence-electron chi connectivity index (χ0n) is 8.68. The van der Waals surface area contributed by atoms with Crippen LogP contribution in [0.15, 0.2) is 10.6 Å². The van der Waals surface area contributed by atoms with Crippen molar-refractivity contribution in [1.82, 2.24) is 15.0 Å². The van der Waals surface area contributed by atoms with Gasteiger partial charge in [0.15, 0.2) is 0 Å². The van der Waals surface area contributed by atoms with Crippen LogP contribution in [-0.2, 0) is 0 Å². The predicted octanol–water partition coefficient (Wildman–Crippen LogP) is 0.902. The molecule has 2 aliphatic heterocycles. The Balaban J connectivity index is 1.97. The first kappa shape index (κ1) is 8.91. The van der Waals surface area contributed by atoms with Crippen LogP contribution in [0.1, 0.15) is 25.2 Å². The number of fused-ring (bicyclic) bond motifs is 2. The molecule has 1 aromatic heterocycles. The molecule has 1 aromatic rings. The van der Waals surface area contributed by atoms with Crippen molar-refractivity contribution in [3.8, 4) is 0 Å². The molecule has 1 saturated heterocycles. The molecule has 5 heteroatoms. The molecule has 15 heavy (non-hydrogen) atoms. The van der Waals surface area contributed by atoms with Crippen LogP contribution >= 0.6 is 0 Å². The van der Waals surface area contributed by atoms with Gasteiger partial charge in [-0.15, -0.1) is 0 Å². The molecule has 3 heterocycles. The van der Waals surface area contributed by atoms with Gasteiger partial charge in [-0.2, -0.15) is 4.98 Å². The van der Waals surface area contributed by atoms with E-state index in [1.807, 2.05) is 0 Å². The first-order valence-corrected chi connectivity index (χ1v) is 5.27. The molecule has 3 rings (SSSR count). The summed E-state index contributed by atoms with van der Waals surface area (Å²) in [5, 5.41) is 3.63. The lowest BCUT2D eigenvalue weighted by Gasteiger charge is -2.29. The molecule has 0 saturated carbocycles. The number of nitrogens with zero attached hydrogens (tertiary/aromatic N) is 3. The number of hydrogen-bond donors (Lipinski definition) is 1. The largest absolute Gasteiger partial charge is 0.365 e. The zero-order valence-corrected chi connectivity index (χ0v) is 8.68. The number of aromatic nitrogens is 2. The minimum Gasteiger partial charge on any atom is -0.365 e. The summed E-state index contributed by atoms with van der Waals surface area (Å²) in [6.45, 7) is 0. The van der Waals surface area contributed by atoms with Crippen LogP contribution < -0.4 is 5.73 Å². The van der Waals surface area contributed by atoms with Crippen molar-refractivity contribution in [1.29, 1.82) is 0 Å². The van der Waals surface area contributed by atoms with Crippen molar-refractivity contribution in [2.75, 3.05) is 12.8 Å². The molecule has 5 nitrogen and oxygen atoms in total. The van der Waals surface area contributed by atoms with Gasteiger partial charge in [-0.3, -0.25) is 4.90 Å². The number of nitrogens with two attached hydrogens (primary N) is 1. The second-order valence-electron chi connectivity index (χ2n) is 4.27. The Bertz CT molecular complexity index is 411. The highest BCUT2D eigenvalue weighted by Crippen LogP contribution is 2.38. The SMILES string of the molecule is CN1[C@@H]2CC=C(c3nc(N)no3)[C@H]1CC2. The Morgan fingerprint density at radius 2 is 2.40 bits per heavy atom. The smallest absolute Gasteiger partial charge is 0.261 e. The highest BCUT2D eigenvalue weighted by molar-refractivity contribution is 5.65. The summed E-state index contributed by atoms with van der Waals surface area (Å²) < 4.78 is 5.12. The highest BCUT2D eigenvalue weighted by atomic mass is 16.5. The predicted molar refractivity (Wildman–Crippen MR) is 55.9 cm³/mol. The maximum absolute atomic E-state index is 5.46. The van der Waals surface area contributed by atoms with Gasteiger partial charge >= 0.3 is 0 Å². The molecule has 0 unspecified atom stereocenters. The van der Waals surface area contributed by atoms with E-state index in [0.717, 1.165) is 12.0 Å². The fraction of sp³-hybridized carbons (Fsp3) is 0.600. The number of hydrogen-bond acceptors (Lipinski definition) is 5. The zero-order chi connectivity index (χ0) is 10.4. The topological polar surface area (TPSA) is 68.2 Å². The van der Waals surface area contributed by atoms with Crippen LogP contribution in [0.5, 0.6) is 0 Å². The number of likely N-dealkylation sites (N-methyl/N-ethyl adjacent to an activating group) is 1. The van der Waals surface area contributed by atoms with E-state index in [9.17, 15) is 0 Å². The van der Waals surface area contributed by atoms with Gasteiger partial charge in [0.05, 0.1) is 0 Å². The Morgan fingerprint density at radius 1 is 1.53 bits per heavy atom. The maximum atomic E-state index is 5.46. The van der Waals surface area contributed by atoms with Crippen molar-refractivity contribution in [3.05, 3.63) is 12.0 Å². The molecule has 0 radical (unpaired) electrons. The van der Waals surface area contributed by atoms with Crippen molar-refractivity contribution < 1.29 is 4.52 Å². The summed E-state index contributed by atoms with van der Waals surface area (Å²) >= 11 is 0. The van der Waals surface area contributed by atoms with Crippen LogP contribution in [-0.4, -0.2) is 34.2 Å². The van der Waals surface area contributed by atoms with E-state index in [4.69, 9.17) is 10.3 Å². The van der Waals surface area contributed by atoms with Gasteiger partial charge in [0.2, 0.25) is 0 Å². The van der Waals surface area contributed by atoms with Crippen LogP contribution in [0.25, 0.3) is 5.57 Å². The Kier molecular flexibility index (Phi) is 1.82. The summed E-state index contributed by atoms with van der Waals surface area (Å²) in [5.41, 5.74) is 6.61. The van der Waals surface area contributed by atoms with E-state index >= 15 is 0 Å². The lowest BCUT2D eigenvalue weighted by molar-refractivity contribution is 0.262.